The fraction of sp³-hybridized carbons (Fsp3) is 0.0556. The van der Waals surface area contributed by atoms with Crippen LogP contribution in [0, 0.1) is 24.4 Å². The molecule has 3 aromatic rings. The number of nitrogens with one attached hydrogen (secondary N) is 2. The van der Waals surface area contributed by atoms with E-state index in [9.17, 15) is 18.0 Å². The van der Waals surface area contributed by atoms with Crippen molar-refractivity contribution < 1.29 is 18.0 Å². The number of rotatable bonds is 4. The summed E-state index contributed by atoms with van der Waals surface area (Å²) in [4.78, 5) is 20.1. The molecule has 0 unspecified atom stereocenters. The lowest BCUT2D eigenvalue weighted by molar-refractivity contribution is 0.102. The van der Waals surface area contributed by atoms with Gasteiger partial charge in [-0.1, -0.05) is 11.6 Å². The molecule has 0 bridgehead atoms. The summed E-state index contributed by atoms with van der Waals surface area (Å²) in [6, 6.07) is 6.88. The highest BCUT2D eigenvalue weighted by molar-refractivity contribution is 6.30. The molecule has 1 heterocycles. The van der Waals surface area contributed by atoms with E-state index in [1.165, 1.54) is 12.4 Å². The Bertz CT molecular complexity index is 1010. The van der Waals surface area contributed by atoms with E-state index in [4.69, 9.17) is 11.6 Å². The van der Waals surface area contributed by atoms with Crippen LogP contribution in [0.15, 0.2) is 42.7 Å². The molecule has 9 heteroatoms. The van der Waals surface area contributed by atoms with Crippen molar-refractivity contribution in [1.82, 2.24) is 9.97 Å². The van der Waals surface area contributed by atoms with Crippen molar-refractivity contribution in [2.24, 2.45) is 0 Å². The molecule has 27 heavy (non-hydrogen) atoms. The number of hydrogen-bond donors (Lipinski definition) is 2. The molecule has 1 aromatic heterocycles. The van der Waals surface area contributed by atoms with Gasteiger partial charge in [-0.05, 0) is 42.8 Å². The van der Waals surface area contributed by atoms with Crippen molar-refractivity contribution >= 4 is 34.7 Å². The molecule has 0 spiro atoms. The van der Waals surface area contributed by atoms with Gasteiger partial charge in [0.05, 0.1) is 18.1 Å². The number of hydrogen-bond acceptors (Lipinski definition) is 4. The van der Waals surface area contributed by atoms with Crippen LogP contribution in [0.2, 0.25) is 5.02 Å². The van der Waals surface area contributed by atoms with Gasteiger partial charge in [0, 0.05) is 10.7 Å². The summed E-state index contributed by atoms with van der Waals surface area (Å²) in [6.07, 6.45) is 2.48. The van der Waals surface area contributed by atoms with Crippen molar-refractivity contribution in [1.29, 1.82) is 0 Å². The molecule has 1 amide bonds. The van der Waals surface area contributed by atoms with Gasteiger partial charge in [0.25, 0.3) is 5.91 Å². The van der Waals surface area contributed by atoms with Crippen LogP contribution in [-0.4, -0.2) is 15.9 Å². The number of nitrogens with zero attached hydrogens (tertiary/aromatic N) is 2. The maximum atomic E-state index is 13.6. The maximum absolute atomic E-state index is 13.6. The highest BCUT2D eigenvalue weighted by Crippen LogP contribution is 2.23. The summed E-state index contributed by atoms with van der Waals surface area (Å²) in [6.45, 7) is 1.86. The van der Waals surface area contributed by atoms with E-state index in [0.29, 0.717) is 16.9 Å². The Morgan fingerprint density at radius 3 is 2.41 bits per heavy atom. The largest absolute Gasteiger partial charge is 0.339 e. The van der Waals surface area contributed by atoms with Crippen molar-refractivity contribution in [2.45, 2.75) is 6.92 Å². The van der Waals surface area contributed by atoms with Crippen molar-refractivity contribution in [3.63, 3.8) is 0 Å². The molecular formula is C18H12ClF3N4O. The second kappa shape index (κ2) is 7.63. The first-order valence-electron chi connectivity index (χ1n) is 7.65. The molecular weight excluding hydrogens is 381 g/mol. The van der Waals surface area contributed by atoms with Gasteiger partial charge in [-0.25, -0.2) is 23.1 Å². The minimum atomic E-state index is -1.67. The van der Waals surface area contributed by atoms with E-state index in [1.54, 1.807) is 18.2 Å². The third-order valence-electron chi connectivity index (χ3n) is 3.62. The molecule has 0 radical (unpaired) electrons. The molecule has 0 fully saturated rings. The van der Waals surface area contributed by atoms with E-state index in [2.05, 4.69) is 20.6 Å². The number of benzene rings is 2. The molecule has 2 aromatic carbocycles. The minimum absolute atomic E-state index is 0.127. The number of halogens is 4. The SMILES string of the molecule is Cc1cc(Cl)ccc1Nc1cnc(C(=O)Nc2ccc(F)c(F)c2F)cn1. The van der Waals surface area contributed by atoms with E-state index in [-0.39, 0.29) is 5.69 Å². The van der Waals surface area contributed by atoms with Gasteiger partial charge in [-0.15, -0.1) is 0 Å². The van der Waals surface area contributed by atoms with Gasteiger partial charge in [0.15, 0.2) is 17.5 Å². The van der Waals surface area contributed by atoms with Gasteiger partial charge in [-0.2, -0.15) is 0 Å². The summed E-state index contributed by atoms with van der Waals surface area (Å²) in [5, 5.41) is 5.74. The summed E-state index contributed by atoms with van der Waals surface area (Å²) in [5.41, 5.74) is 1.02. The summed E-state index contributed by atoms with van der Waals surface area (Å²) in [5.74, 6) is -4.96. The van der Waals surface area contributed by atoms with Crippen molar-refractivity contribution in [3.05, 3.63) is 76.5 Å². The van der Waals surface area contributed by atoms with Gasteiger partial charge in [-0.3, -0.25) is 4.79 Å². The maximum Gasteiger partial charge on any atom is 0.275 e. The first-order chi connectivity index (χ1) is 12.8. The van der Waals surface area contributed by atoms with E-state index in [0.717, 1.165) is 17.3 Å². The van der Waals surface area contributed by atoms with Gasteiger partial charge >= 0.3 is 0 Å². The molecule has 0 saturated carbocycles. The number of aryl methyl sites for hydroxylation is 1. The predicted octanol–water partition coefficient (Wildman–Crippen LogP) is 4.85. The number of carbonyl (C=O) groups excluding carboxylic acids is 1. The smallest absolute Gasteiger partial charge is 0.275 e. The highest BCUT2D eigenvalue weighted by atomic mass is 35.5. The molecule has 0 aliphatic rings. The Morgan fingerprint density at radius 2 is 1.74 bits per heavy atom. The summed E-state index contributed by atoms with van der Waals surface area (Å²) >= 11 is 5.90. The van der Waals surface area contributed by atoms with Crippen LogP contribution in [0.5, 0.6) is 0 Å². The van der Waals surface area contributed by atoms with Gasteiger partial charge < -0.3 is 10.6 Å². The van der Waals surface area contributed by atoms with E-state index < -0.39 is 29.0 Å². The van der Waals surface area contributed by atoms with Crippen LogP contribution in [-0.2, 0) is 0 Å². The average molecular weight is 393 g/mol. The fourth-order valence-corrected chi connectivity index (χ4v) is 2.45. The quantitative estimate of drug-likeness (QED) is 0.623. The second-order valence-electron chi connectivity index (χ2n) is 5.55. The molecule has 0 aliphatic heterocycles. The normalized spacial score (nSPS) is 10.6. The minimum Gasteiger partial charge on any atom is -0.339 e. The van der Waals surface area contributed by atoms with Crippen LogP contribution >= 0.6 is 11.6 Å². The Labute approximate surface area is 157 Å². The van der Waals surface area contributed by atoms with Gasteiger partial charge in [0.1, 0.15) is 11.5 Å². The zero-order valence-electron chi connectivity index (χ0n) is 13.9. The lowest BCUT2D eigenvalue weighted by atomic mass is 10.2. The third-order valence-corrected chi connectivity index (χ3v) is 3.85. The zero-order valence-corrected chi connectivity index (χ0v) is 14.6. The summed E-state index contributed by atoms with van der Waals surface area (Å²) < 4.78 is 39.8. The number of amides is 1. The van der Waals surface area contributed by atoms with Crippen LogP contribution in [0.3, 0.4) is 0 Å². The zero-order chi connectivity index (χ0) is 19.6. The molecule has 3 rings (SSSR count). The van der Waals surface area contributed by atoms with Crippen LogP contribution < -0.4 is 10.6 Å². The Morgan fingerprint density at radius 1 is 1.00 bits per heavy atom. The molecule has 0 aliphatic carbocycles. The molecule has 2 N–H and O–H groups in total. The standard InChI is InChI=1S/C18H12ClF3N4O/c1-9-6-10(19)2-4-12(9)25-15-8-23-14(7-24-15)18(27)26-13-5-3-11(20)16(21)17(13)22/h2-8H,1H3,(H,24,25)(H,26,27). The number of aromatic nitrogens is 2. The molecule has 5 nitrogen and oxygen atoms in total. The Balaban J connectivity index is 1.73. The monoisotopic (exact) mass is 392 g/mol. The molecule has 0 atom stereocenters. The van der Waals surface area contributed by atoms with Crippen LogP contribution in [0.1, 0.15) is 16.1 Å². The first kappa shape index (κ1) is 18.7. The van der Waals surface area contributed by atoms with Crippen LogP contribution in [0.25, 0.3) is 0 Å². The lowest BCUT2D eigenvalue weighted by Gasteiger charge is -2.10. The Kier molecular flexibility index (Phi) is 5.27. The first-order valence-corrected chi connectivity index (χ1v) is 8.03. The topological polar surface area (TPSA) is 66.9 Å². The second-order valence-corrected chi connectivity index (χ2v) is 5.98. The lowest BCUT2D eigenvalue weighted by Crippen LogP contribution is -2.16. The van der Waals surface area contributed by atoms with Crippen molar-refractivity contribution in [3.8, 4) is 0 Å². The van der Waals surface area contributed by atoms with Crippen LogP contribution in [0.4, 0.5) is 30.4 Å². The fourth-order valence-electron chi connectivity index (χ4n) is 2.22. The van der Waals surface area contributed by atoms with E-state index in [1.807, 2.05) is 6.92 Å². The Hall–Kier alpha value is -3.13. The summed E-state index contributed by atoms with van der Waals surface area (Å²) in [7, 11) is 0. The number of carbonyl (C=O) groups is 1. The molecule has 138 valence electrons. The average Bonchev–Trinajstić information content (AvgIpc) is 2.65. The van der Waals surface area contributed by atoms with Crippen molar-refractivity contribution in [2.75, 3.05) is 10.6 Å². The molecule has 0 saturated heterocycles. The van der Waals surface area contributed by atoms with Gasteiger partial charge in [0.2, 0.25) is 0 Å². The highest BCUT2D eigenvalue weighted by Gasteiger charge is 2.17. The third kappa shape index (κ3) is 4.17. The number of anilines is 3. The predicted molar refractivity (Wildman–Crippen MR) is 95.8 cm³/mol. The van der Waals surface area contributed by atoms with E-state index >= 15 is 0 Å².